The lowest BCUT2D eigenvalue weighted by Crippen LogP contribution is -2.11. The minimum atomic E-state index is 0.0197. The molecule has 4 aromatic carbocycles. The van der Waals surface area contributed by atoms with Crippen LogP contribution in [0.2, 0.25) is 0 Å². The lowest BCUT2D eigenvalue weighted by atomic mass is 9.94. The molecule has 0 saturated heterocycles. The third kappa shape index (κ3) is 3.81. The summed E-state index contributed by atoms with van der Waals surface area (Å²) in [4.78, 5) is 19.1. The fourth-order valence-electron chi connectivity index (χ4n) is 3.77. The average Bonchev–Trinajstić information content (AvgIpc) is 2.84. The normalized spacial score (nSPS) is 13.8. The maximum atomic E-state index is 12.1. The van der Waals surface area contributed by atoms with Crippen molar-refractivity contribution >= 4 is 34.2 Å². The third-order valence-corrected chi connectivity index (χ3v) is 5.25. The molecule has 0 amide bonds. The van der Waals surface area contributed by atoms with Crippen molar-refractivity contribution in [1.82, 2.24) is 0 Å². The van der Waals surface area contributed by atoms with Crippen LogP contribution in [0.5, 0.6) is 0 Å². The van der Waals surface area contributed by atoms with Crippen molar-refractivity contribution in [3.63, 3.8) is 0 Å². The Bertz CT molecular complexity index is 1230. The number of carbonyl (C=O) groups is 1. The van der Waals surface area contributed by atoms with Gasteiger partial charge >= 0.3 is 0 Å². The van der Waals surface area contributed by atoms with Gasteiger partial charge in [0, 0.05) is 28.2 Å². The van der Waals surface area contributed by atoms with E-state index >= 15 is 0 Å². The Morgan fingerprint density at radius 2 is 1.03 bits per heavy atom. The van der Waals surface area contributed by atoms with E-state index in [1.165, 1.54) is 0 Å². The molecule has 0 aliphatic heterocycles. The molecule has 0 unspecified atom stereocenters. The van der Waals surface area contributed by atoms with Gasteiger partial charge in [-0.05, 0) is 60.7 Å². The molecule has 0 saturated carbocycles. The van der Waals surface area contributed by atoms with Gasteiger partial charge in [-0.15, -0.1) is 0 Å². The van der Waals surface area contributed by atoms with Gasteiger partial charge in [-0.2, -0.15) is 0 Å². The predicted octanol–water partition coefficient (Wildman–Crippen LogP) is 7.03. The molecule has 1 aliphatic carbocycles. The highest BCUT2D eigenvalue weighted by molar-refractivity contribution is 6.24. The molecular formula is C28H20N2O. The topological polar surface area (TPSA) is 32.7 Å². The number of nitrogens with zero attached hydrogens (tertiary/aromatic N) is 2. The molecule has 5 rings (SSSR count). The van der Waals surface area contributed by atoms with Crippen molar-refractivity contribution in [2.24, 2.45) is 4.99 Å². The van der Waals surface area contributed by atoms with Crippen LogP contribution in [0, 0.1) is 0 Å². The highest BCUT2D eigenvalue weighted by atomic mass is 16.1. The van der Waals surface area contributed by atoms with Crippen LogP contribution in [0.25, 0.3) is 0 Å². The molecule has 0 radical (unpaired) electrons. The molecule has 0 fully saturated rings. The second kappa shape index (κ2) is 8.25. The van der Waals surface area contributed by atoms with E-state index in [-0.39, 0.29) is 5.78 Å². The number of carbonyl (C=O) groups excluding carboxylic acids is 1. The van der Waals surface area contributed by atoms with Crippen molar-refractivity contribution < 1.29 is 4.79 Å². The fraction of sp³-hybridized carbons (Fsp3) is 0. The van der Waals surface area contributed by atoms with E-state index in [2.05, 4.69) is 41.3 Å². The van der Waals surface area contributed by atoms with E-state index in [1.54, 1.807) is 12.2 Å². The first-order chi connectivity index (χ1) is 15.3. The number of ketones is 1. The molecule has 0 N–H and O–H groups in total. The fourth-order valence-corrected chi connectivity index (χ4v) is 3.77. The van der Waals surface area contributed by atoms with Crippen LogP contribution in [0.1, 0.15) is 15.9 Å². The first kappa shape index (κ1) is 18.8. The van der Waals surface area contributed by atoms with Gasteiger partial charge in [0.15, 0.2) is 5.78 Å². The van der Waals surface area contributed by atoms with E-state index in [0.717, 1.165) is 34.0 Å². The second-order valence-corrected chi connectivity index (χ2v) is 7.26. The van der Waals surface area contributed by atoms with E-state index in [0.29, 0.717) is 5.56 Å². The summed E-state index contributed by atoms with van der Waals surface area (Å²) in [5, 5.41) is 0. The first-order valence-electron chi connectivity index (χ1n) is 10.2. The Hall–Kier alpha value is -4.24. The lowest BCUT2D eigenvalue weighted by molar-refractivity contribution is 0.104. The second-order valence-electron chi connectivity index (χ2n) is 7.26. The minimum Gasteiger partial charge on any atom is -0.311 e. The van der Waals surface area contributed by atoms with Gasteiger partial charge in [-0.25, -0.2) is 4.99 Å². The van der Waals surface area contributed by atoms with Gasteiger partial charge in [-0.3, -0.25) is 4.79 Å². The molecule has 4 aromatic rings. The minimum absolute atomic E-state index is 0.0197. The van der Waals surface area contributed by atoms with E-state index in [4.69, 9.17) is 4.99 Å². The zero-order chi connectivity index (χ0) is 21.0. The molecule has 1 aliphatic rings. The summed E-state index contributed by atoms with van der Waals surface area (Å²) < 4.78 is 0. The molecule has 0 atom stereocenters. The Morgan fingerprint density at radius 3 is 1.65 bits per heavy atom. The number of para-hydroxylation sites is 2. The summed E-state index contributed by atoms with van der Waals surface area (Å²) in [5.41, 5.74) is 6.44. The highest BCUT2D eigenvalue weighted by Crippen LogP contribution is 2.35. The van der Waals surface area contributed by atoms with Crippen molar-refractivity contribution in [2.45, 2.75) is 0 Å². The summed E-state index contributed by atoms with van der Waals surface area (Å²) in [6, 6.07) is 36.4. The van der Waals surface area contributed by atoms with Crippen molar-refractivity contribution in [3.05, 3.63) is 132 Å². The van der Waals surface area contributed by atoms with Gasteiger partial charge in [0.1, 0.15) is 0 Å². The van der Waals surface area contributed by atoms with Gasteiger partial charge in [0.25, 0.3) is 0 Å². The highest BCUT2D eigenvalue weighted by Gasteiger charge is 2.17. The van der Waals surface area contributed by atoms with Crippen molar-refractivity contribution in [3.8, 4) is 0 Å². The molecule has 0 aromatic heterocycles. The zero-order valence-electron chi connectivity index (χ0n) is 16.8. The van der Waals surface area contributed by atoms with Crippen LogP contribution in [0.4, 0.5) is 22.7 Å². The van der Waals surface area contributed by atoms with E-state index in [1.807, 2.05) is 72.8 Å². The van der Waals surface area contributed by atoms with Gasteiger partial charge < -0.3 is 4.90 Å². The standard InChI is InChI=1S/C28H20N2O/c31-28-20-19-27(25-13-7-8-14-26(25)28)29-21-15-17-24(18-16-21)30(22-9-3-1-4-10-22)23-11-5-2-6-12-23/h1-20H. The molecular weight excluding hydrogens is 380 g/mol. The Balaban J connectivity index is 1.51. The maximum Gasteiger partial charge on any atom is 0.186 e. The van der Waals surface area contributed by atoms with Crippen LogP contribution >= 0.6 is 0 Å². The summed E-state index contributed by atoms with van der Waals surface area (Å²) >= 11 is 0. The monoisotopic (exact) mass is 400 g/mol. The molecule has 31 heavy (non-hydrogen) atoms. The van der Waals surface area contributed by atoms with Gasteiger partial charge in [0.05, 0.1) is 11.4 Å². The number of benzene rings is 4. The molecule has 3 heteroatoms. The van der Waals surface area contributed by atoms with Crippen LogP contribution in [-0.2, 0) is 0 Å². The Morgan fingerprint density at radius 1 is 0.516 bits per heavy atom. The SMILES string of the molecule is O=C1C=CC(=Nc2ccc(N(c3ccccc3)c3ccccc3)cc2)c2ccccc21. The number of hydrogen-bond donors (Lipinski definition) is 0. The van der Waals surface area contributed by atoms with Crippen LogP contribution < -0.4 is 4.90 Å². The van der Waals surface area contributed by atoms with Crippen LogP contribution in [0.3, 0.4) is 0 Å². The van der Waals surface area contributed by atoms with Crippen molar-refractivity contribution in [2.75, 3.05) is 4.90 Å². The number of aliphatic imine (C=N–C) groups is 1. The van der Waals surface area contributed by atoms with Gasteiger partial charge in [-0.1, -0.05) is 60.7 Å². The molecule has 0 heterocycles. The van der Waals surface area contributed by atoms with E-state index in [9.17, 15) is 4.79 Å². The third-order valence-electron chi connectivity index (χ3n) is 5.25. The van der Waals surface area contributed by atoms with Crippen LogP contribution in [-0.4, -0.2) is 11.5 Å². The van der Waals surface area contributed by atoms with Crippen molar-refractivity contribution in [1.29, 1.82) is 0 Å². The molecule has 0 spiro atoms. The summed E-state index contributed by atoms with van der Waals surface area (Å²) in [7, 11) is 0. The summed E-state index contributed by atoms with van der Waals surface area (Å²) in [5.74, 6) is 0.0197. The first-order valence-corrected chi connectivity index (χ1v) is 10.2. The molecule has 148 valence electrons. The van der Waals surface area contributed by atoms with Gasteiger partial charge in [0.2, 0.25) is 0 Å². The smallest absolute Gasteiger partial charge is 0.186 e. The molecule has 0 bridgehead atoms. The van der Waals surface area contributed by atoms with E-state index < -0.39 is 0 Å². The quantitative estimate of drug-likeness (QED) is 0.368. The largest absolute Gasteiger partial charge is 0.311 e. The molecule has 3 nitrogen and oxygen atoms in total. The number of rotatable bonds is 4. The number of fused-ring (bicyclic) bond motifs is 1. The number of hydrogen-bond acceptors (Lipinski definition) is 3. The Kier molecular flexibility index (Phi) is 4.99. The predicted molar refractivity (Wildman–Crippen MR) is 127 cm³/mol. The Labute approximate surface area is 181 Å². The number of allylic oxidation sites excluding steroid dienone is 2. The lowest BCUT2D eigenvalue weighted by Gasteiger charge is -2.25. The van der Waals surface area contributed by atoms with Crippen LogP contribution in [0.15, 0.2) is 126 Å². The average molecular weight is 400 g/mol. The summed E-state index contributed by atoms with van der Waals surface area (Å²) in [6.07, 6.45) is 3.38. The zero-order valence-corrected chi connectivity index (χ0v) is 16.8. The summed E-state index contributed by atoms with van der Waals surface area (Å²) in [6.45, 7) is 0. The number of anilines is 3. The maximum absolute atomic E-state index is 12.1.